The molecule has 2 aromatic carbocycles. The molecule has 20 heavy (non-hydrogen) atoms. The molecule has 100 valence electrons. The lowest BCUT2D eigenvalue weighted by Crippen LogP contribution is -2.25. The minimum atomic E-state index is -0.672. The van der Waals surface area contributed by atoms with Gasteiger partial charge in [-0.15, -0.1) is 0 Å². The van der Waals surface area contributed by atoms with Gasteiger partial charge in [0.25, 0.3) is 0 Å². The van der Waals surface area contributed by atoms with Crippen LogP contribution in [-0.2, 0) is 11.3 Å². The standard InChI is InChI=1S/C16H12ClNO2/c17-15-9-5-4-8-14(15)12-18(20)16(19)11-10-13-6-2-1-3-7-13/h1-9,20H,12H2. The quantitative estimate of drug-likeness (QED) is 0.523. The number of hydrogen-bond donors (Lipinski definition) is 1. The maximum atomic E-state index is 11.7. The molecule has 0 fully saturated rings. The van der Waals surface area contributed by atoms with Crippen molar-refractivity contribution in [3.8, 4) is 11.8 Å². The Morgan fingerprint density at radius 2 is 1.75 bits per heavy atom. The molecule has 2 aromatic rings. The van der Waals surface area contributed by atoms with Crippen molar-refractivity contribution < 1.29 is 10.0 Å². The lowest BCUT2D eigenvalue weighted by Gasteiger charge is -2.12. The second kappa shape index (κ2) is 6.76. The van der Waals surface area contributed by atoms with Gasteiger partial charge in [0.05, 0.1) is 6.54 Å². The van der Waals surface area contributed by atoms with Crippen molar-refractivity contribution in [1.29, 1.82) is 0 Å². The highest BCUT2D eigenvalue weighted by Gasteiger charge is 2.10. The molecule has 0 saturated heterocycles. The predicted molar refractivity (Wildman–Crippen MR) is 77.1 cm³/mol. The van der Waals surface area contributed by atoms with E-state index < -0.39 is 5.91 Å². The van der Waals surface area contributed by atoms with Crippen molar-refractivity contribution in [2.75, 3.05) is 0 Å². The Balaban J connectivity index is 2.03. The Morgan fingerprint density at radius 1 is 1.10 bits per heavy atom. The van der Waals surface area contributed by atoms with Crippen LogP contribution < -0.4 is 0 Å². The van der Waals surface area contributed by atoms with Gasteiger partial charge in [-0.3, -0.25) is 10.0 Å². The van der Waals surface area contributed by atoms with Gasteiger partial charge in [-0.25, -0.2) is 5.06 Å². The number of carbonyl (C=O) groups excluding carboxylic acids is 1. The second-order valence-corrected chi connectivity index (χ2v) is 4.48. The third-order valence-corrected chi connectivity index (χ3v) is 2.97. The first-order valence-electron chi connectivity index (χ1n) is 5.97. The zero-order valence-corrected chi connectivity index (χ0v) is 11.3. The molecule has 0 saturated carbocycles. The molecule has 0 aromatic heterocycles. The summed E-state index contributed by atoms with van der Waals surface area (Å²) in [5.74, 6) is 4.40. The van der Waals surface area contributed by atoms with E-state index >= 15 is 0 Å². The van der Waals surface area contributed by atoms with Gasteiger partial charge in [0.2, 0.25) is 0 Å². The fourth-order valence-corrected chi connectivity index (χ4v) is 1.77. The van der Waals surface area contributed by atoms with E-state index in [-0.39, 0.29) is 6.54 Å². The van der Waals surface area contributed by atoms with E-state index in [1.807, 2.05) is 18.2 Å². The van der Waals surface area contributed by atoms with Crippen molar-refractivity contribution in [3.05, 3.63) is 70.7 Å². The van der Waals surface area contributed by atoms with Gasteiger partial charge in [-0.2, -0.15) is 0 Å². The first-order valence-corrected chi connectivity index (χ1v) is 6.35. The lowest BCUT2D eigenvalue weighted by molar-refractivity contribution is -0.160. The smallest absolute Gasteiger partial charge is 0.285 e. The number of carbonyl (C=O) groups is 1. The van der Waals surface area contributed by atoms with Gasteiger partial charge >= 0.3 is 5.91 Å². The van der Waals surface area contributed by atoms with Crippen LogP contribution in [0.25, 0.3) is 0 Å². The highest BCUT2D eigenvalue weighted by atomic mass is 35.5. The fraction of sp³-hybridized carbons (Fsp3) is 0.0625. The zero-order chi connectivity index (χ0) is 14.4. The van der Waals surface area contributed by atoms with Crippen molar-refractivity contribution in [2.45, 2.75) is 6.54 Å². The van der Waals surface area contributed by atoms with Crippen molar-refractivity contribution >= 4 is 17.5 Å². The first kappa shape index (κ1) is 14.1. The van der Waals surface area contributed by atoms with Crippen LogP contribution in [0.4, 0.5) is 0 Å². The van der Waals surface area contributed by atoms with E-state index in [0.717, 1.165) is 0 Å². The third kappa shape index (κ3) is 3.86. The van der Waals surface area contributed by atoms with Crippen LogP contribution in [-0.4, -0.2) is 16.2 Å². The van der Waals surface area contributed by atoms with E-state index in [9.17, 15) is 10.0 Å². The van der Waals surface area contributed by atoms with Crippen LogP contribution in [0, 0.1) is 11.8 Å². The van der Waals surface area contributed by atoms with Gasteiger partial charge in [0.15, 0.2) is 0 Å². The maximum absolute atomic E-state index is 11.7. The molecule has 0 atom stereocenters. The number of hydroxylamine groups is 2. The van der Waals surface area contributed by atoms with Crippen LogP contribution in [0.2, 0.25) is 5.02 Å². The van der Waals surface area contributed by atoms with Gasteiger partial charge in [0.1, 0.15) is 0 Å². The summed E-state index contributed by atoms with van der Waals surface area (Å²) in [7, 11) is 0. The van der Waals surface area contributed by atoms with Crippen LogP contribution in [0.3, 0.4) is 0 Å². The Morgan fingerprint density at radius 3 is 2.45 bits per heavy atom. The molecule has 2 rings (SSSR count). The molecular formula is C16H12ClNO2. The molecule has 0 aliphatic rings. The fourth-order valence-electron chi connectivity index (χ4n) is 1.57. The van der Waals surface area contributed by atoms with Crippen molar-refractivity contribution in [3.63, 3.8) is 0 Å². The summed E-state index contributed by atoms with van der Waals surface area (Å²) in [6.07, 6.45) is 0. The average molecular weight is 286 g/mol. The van der Waals surface area contributed by atoms with Gasteiger partial charge < -0.3 is 0 Å². The number of hydrogen-bond acceptors (Lipinski definition) is 2. The Hall–Kier alpha value is -2.28. The molecule has 0 aliphatic carbocycles. The van der Waals surface area contributed by atoms with Crippen molar-refractivity contribution in [2.24, 2.45) is 0 Å². The number of rotatable bonds is 2. The minimum absolute atomic E-state index is 0.00196. The largest absolute Gasteiger partial charge is 0.322 e. The van der Waals surface area contributed by atoms with E-state index in [2.05, 4.69) is 11.8 Å². The molecule has 4 heteroatoms. The molecule has 1 amide bonds. The molecule has 0 unspecified atom stereocenters. The van der Waals surface area contributed by atoms with Crippen LogP contribution in [0.5, 0.6) is 0 Å². The maximum Gasteiger partial charge on any atom is 0.322 e. The Kier molecular flexibility index (Phi) is 4.78. The number of amides is 1. The lowest BCUT2D eigenvalue weighted by atomic mass is 10.2. The topological polar surface area (TPSA) is 40.5 Å². The van der Waals surface area contributed by atoms with Gasteiger partial charge in [-0.1, -0.05) is 53.9 Å². The first-order chi connectivity index (χ1) is 9.66. The third-order valence-electron chi connectivity index (χ3n) is 2.60. The molecule has 0 aliphatic heterocycles. The molecular weight excluding hydrogens is 274 g/mol. The Bertz CT molecular complexity index is 659. The Labute approximate surface area is 122 Å². The minimum Gasteiger partial charge on any atom is -0.285 e. The number of benzene rings is 2. The average Bonchev–Trinajstić information content (AvgIpc) is 2.48. The van der Waals surface area contributed by atoms with E-state index in [1.54, 1.807) is 36.4 Å². The summed E-state index contributed by atoms with van der Waals surface area (Å²) in [5.41, 5.74) is 1.37. The molecule has 1 N–H and O–H groups in total. The molecule has 0 heterocycles. The molecule has 0 bridgehead atoms. The molecule has 3 nitrogen and oxygen atoms in total. The molecule has 0 radical (unpaired) electrons. The highest BCUT2D eigenvalue weighted by Crippen LogP contribution is 2.16. The van der Waals surface area contributed by atoms with Gasteiger partial charge in [-0.05, 0) is 23.8 Å². The van der Waals surface area contributed by atoms with Crippen LogP contribution in [0.1, 0.15) is 11.1 Å². The van der Waals surface area contributed by atoms with E-state index in [1.165, 1.54) is 0 Å². The molecule has 0 spiro atoms. The zero-order valence-electron chi connectivity index (χ0n) is 10.6. The van der Waals surface area contributed by atoms with E-state index in [0.29, 0.717) is 21.2 Å². The summed E-state index contributed by atoms with van der Waals surface area (Å²) < 4.78 is 0. The normalized spacial score (nSPS) is 9.50. The van der Waals surface area contributed by atoms with E-state index in [4.69, 9.17) is 11.6 Å². The summed E-state index contributed by atoms with van der Waals surface area (Å²) in [6.45, 7) is 0.00196. The number of halogens is 1. The highest BCUT2D eigenvalue weighted by molar-refractivity contribution is 6.31. The SMILES string of the molecule is O=C(C#Cc1ccccc1)N(O)Cc1ccccc1Cl. The monoisotopic (exact) mass is 285 g/mol. The second-order valence-electron chi connectivity index (χ2n) is 4.07. The summed E-state index contributed by atoms with van der Waals surface area (Å²) in [6, 6.07) is 16.1. The summed E-state index contributed by atoms with van der Waals surface area (Å²) >= 11 is 5.96. The number of nitrogens with zero attached hydrogens (tertiary/aromatic N) is 1. The predicted octanol–water partition coefficient (Wildman–Crippen LogP) is 3.11. The van der Waals surface area contributed by atoms with Crippen LogP contribution >= 0.6 is 11.6 Å². The van der Waals surface area contributed by atoms with Gasteiger partial charge in [0, 0.05) is 16.5 Å². The van der Waals surface area contributed by atoms with Crippen LogP contribution in [0.15, 0.2) is 54.6 Å². The summed E-state index contributed by atoms with van der Waals surface area (Å²) in [5, 5.41) is 10.7. The van der Waals surface area contributed by atoms with Crippen molar-refractivity contribution in [1.82, 2.24) is 5.06 Å². The summed E-state index contributed by atoms with van der Waals surface area (Å²) in [4.78, 5) is 11.7.